The number of rotatable bonds is 7. The van der Waals surface area contributed by atoms with E-state index in [-0.39, 0.29) is 10.5 Å². The van der Waals surface area contributed by atoms with Crippen molar-refractivity contribution in [1.82, 2.24) is 9.21 Å². The van der Waals surface area contributed by atoms with E-state index in [1.54, 1.807) is 0 Å². The standard InChI is InChI=1S/C22H26N4O6S/c1-15(21(28)24-18-8-6-16(7-9-18)20(23)27)32-22(29)17-4-3-5-19(14-17)33(30,31)26-12-10-25(2)11-13-26/h3-9,14-15H,10-13H2,1-2H3,(H2,23,27)(H,24,28)/t15-/m1/s1. The molecule has 11 heteroatoms. The number of carbonyl (C=O) groups is 3. The molecule has 3 rings (SSSR count). The van der Waals surface area contributed by atoms with Crippen LogP contribution >= 0.6 is 0 Å². The van der Waals surface area contributed by atoms with Gasteiger partial charge >= 0.3 is 5.97 Å². The molecule has 176 valence electrons. The average molecular weight is 475 g/mol. The molecule has 2 aromatic rings. The lowest BCUT2D eigenvalue weighted by Gasteiger charge is -2.31. The van der Waals surface area contributed by atoms with Gasteiger partial charge < -0.3 is 20.7 Å². The van der Waals surface area contributed by atoms with Gasteiger partial charge in [-0.1, -0.05) is 6.07 Å². The largest absolute Gasteiger partial charge is 0.449 e. The number of nitrogens with one attached hydrogen (secondary N) is 1. The van der Waals surface area contributed by atoms with Crippen molar-refractivity contribution in [3.8, 4) is 0 Å². The van der Waals surface area contributed by atoms with E-state index in [1.807, 2.05) is 11.9 Å². The molecule has 0 unspecified atom stereocenters. The first-order valence-electron chi connectivity index (χ1n) is 10.3. The minimum absolute atomic E-state index is 0.00634. The average Bonchev–Trinajstić information content (AvgIpc) is 2.79. The van der Waals surface area contributed by atoms with E-state index in [4.69, 9.17) is 10.5 Å². The molecule has 2 amide bonds. The van der Waals surface area contributed by atoms with Gasteiger partial charge in [0.05, 0.1) is 10.5 Å². The molecule has 0 bridgehead atoms. The molecule has 10 nitrogen and oxygen atoms in total. The van der Waals surface area contributed by atoms with Crippen LogP contribution in [0, 0.1) is 0 Å². The Morgan fingerprint density at radius 2 is 1.64 bits per heavy atom. The SMILES string of the molecule is C[C@@H](OC(=O)c1cccc(S(=O)(=O)N2CCN(C)CC2)c1)C(=O)Nc1ccc(C(N)=O)cc1. The van der Waals surface area contributed by atoms with E-state index >= 15 is 0 Å². The molecule has 1 aliphatic heterocycles. The van der Waals surface area contributed by atoms with Crippen LogP contribution in [0.2, 0.25) is 0 Å². The van der Waals surface area contributed by atoms with Gasteiger partial charge in [0, 0.05) is 37.4 Å². The van der Waals surface area contributed by atoms with Crippen LogP contribution in [0.5, 0.6) is 0 Å². The lowest BCUT2D eigenvalue weighted by Crippen LogP contribution is -2.47. The topological polar surface area (TPSA) is 139 Å². The Labute approximate surface area is 192 Å². The molecule has 3 N–H and O–H groups in total. The number of nitrogens with zero attached hydrogens (tertiary/aromatic N) is 2. The summed E-state index contributed by atoms with van der Waals surface area (Å²) in [7, 11) is -1.83. The third kappa shape index (κ3) is 5.95. The molecule has 1 atom stereocenters. The monoisotopic (exact) mass is 474 g/mol. The Morgan fingerprint density at radius 3 is 2.24 bits per heavy atom. The molecular weight excluding hydrogens is 448 g/mol. The number of primary amides is 1. The number of esters is 1. The minimum Gasteiger partial charge on any atom is -0.449 e. The first-order valence-corrected chi connectivity index (χ1v) is 11.7. The number of hydrogen-bond acceptors (Lipinski definition) is 7. The van der Waals surface area contributed by atoms with Crippen LogP contribution in [0.4, 0.5) is 5.69 Å². The molecule has 0 aromatic heterocycles. The normalized spacial score (nSPS) is 16.1. The molecule has 0 aliphatic carbocycles. The number of anilines is 1. The zero-order chi connectivity index (χ0) is 24.2. The molecule has 33 heavy (non-hydrogen) atoms. The van der Waals surface area contributed by atoms with Gasteiger partial charge in [0.1, 0.15) is 0 Å². The minimum atomic E-state index is -3.75. The maximum atomic E-state index is 12.9. The molecular formula is C22H26N4O6S. The molecule has 0 saturated carbocycles. The molecule has 1 saturated heterocycles. The van der Waals surface area contributed by atoms with Crippen LogP contribution < -0.4 is 11.1 Å². The zero-order valence-corrected chi connectivity index (χ0v) is 19.2. The van der Waals surface area contributed by atoms with Crippen molar-refractivity contribution in [3.05, 3.63) is 59.7 Å². The summed E-state index contributed by atoms with van der Waals surface area (Å²) >= 11 is 0. The van der Waals surface area contributed by atoms with Gasteiger partial charge in [-0.05, 0) is 56.4 Å². The smallest absolute Gasteiger partial charge is 0.338 e. The first-order chi connectivity index (χ1) is 15.6. The zero-order valence-electron chi connectivity index (χ0n) is 18.4. The Morgan fingerprint density at radius 1 is 1.00 bits per heavy atom. The van der Waals surface area contributed by atoms with Gasteiger partial charge in [-0.25, -0.2) is 13.2 Å². The van der Waals surface area contributed by atoms with E-state index in [2.05, 4.69) is 5.32 Å². The second kappa shape index (κ2) is 10.1. The second-order valence-electron chi connectivity index (χ2n) is 7.71. The van der Waals surface area contributed by atoms with E-state index in [1.165, 1.54) is 59.8 Å². The fourth-order valence-electron chi connectivity index (χ4n) is 3.20. The summed E-state index contributed by atoms with van der Waals surface area (Å²) in [6.45, 7) is 3.38. The van der Waals surface area contributed by atoms with Crippen LogP contribution in [-0.2, 0) is 19.6 Å². The van der Waals surface area contributed by atoms with Crippen LogP contribution in [0.1, 0.15) is 27.6 Å². The molecule has 0 spiro atoms. The Balaban J connectivity index is 1.65. The lowest BCUT2D eigenvalue weighted by molar-refractivity contribution is -0.123. The number of likely N-dealkylation sites (N-methyl/N-ethyl adjacent to an activating group) is 1. The highest BCUT2D eigenvalue weighted by molar-refractivity contribution is 7.89. The summed E-state index contributed by atoms with van der Waals surface area (Å²) in [5.74, 6) is -2.00. The van der Waals surface area contributed by atoms with Gasteiger partial charge in [-0.3, -0.25) is 9.59 Å². The predicted molar refractivity (Wildman–Crippen MR) is 121 cm³/mol. The van der Waals surface area contributed by atoms with Crippen LogP contribution in [0.15, 0.2) is 53.4 Å². The summed E-state index contributed by atoms with van der Waals surface area (Å²) in [6, 6.07) is 11.5. The third-order valence-electron chi connectivity index (χ3n) is 5.26. The maximum absolute atomic E-state index is 12.9. The van der Waals surface area contributed by atoms with Gasteiger partial charge in [0.2, 0.25) is 15.9 Å². The van der Waals surface area contributed by atoms with Crippen molar-refractivity contribution in [3.63, 3.8) is 0 Å². The molecule has 1 heterocycles. The van der Waals surface area contributed by atoms with Crippen molar-refractivity contribution in [2.45, 2.75) is 17.9 Å². The van der Waals surface area contributed by atoms with Gasteiger partial charge in [0.25, 0.3) is 5.91 Å². The molecule has 2 aromatic carbocycles. The lowest BCUT2D eigenvalue weighted by atomic mass is 10.2. The second-order valence-corrected chi connectivity index (χ2v) is 9.65. The number of nitrogens with two attached hydrogens (primary N) is 1. The summed E-state index contributed by atoms with van der Waals surface area (Å²) < 4.78 is 32.5. The molecule has 0 radical (unpaired) electrons. The summed E-state index contributed by atoms with van der Waals surface area (Å²) in [5, 5.41) is 2.57. The van der Waals surface area contributed by atoms with Crippen LogP contribution in [-0.4, -0.2) is 74.7 Å². The Hall–Kier alpha value is -3.28. The number of hydrogen-bond donors (Lipinski definition) is 2. The highest BCUT2D eigenvalue weighted by atomic mass is 32.2. The van der Waals surface area contributed by atoms with Crippen molar-refractivity contribution >= 4 is 33.5 Å². The number of sulfonamides is 1. The highest BCUT2D eigenvalue weighted by Crippen LogP contribution is 2.19. The van der Waals surface area contributed by atoms with Crippen LogP contribution in [0.25, 0.3) is 0 Å². The van der Waals surface area contributed by atoms with Crippen molar-refractivity contribution < 1.29 is 27.5 Å². The quantitative estimate of drug-likeness (QED) is 0.569. The fourth-order valence-corrected chi connectivity index (χ4v) is 4.67. The van der Waals surface area contributed by atoms with Crippen LogP contribution in [0.3, 0.4) is 0 Å². The summed E-state index contributed by atoms with van der Waals surface area (Å²) in [5.41, 5.74) is 5.89. The summed E-state index contributed by atoms with van der Waals surface area (Å²) in [6.07, 6.45) is -1.15. The first kappa shape index (κ1) is 24.4. The van der Waals surface area contributed by atoms with E-state index < -0.39 is 33.9 Å². The van der Waals surface area contributed by atoms with E-state index in [9.17, 15) is 22.8 Å². The predicted octanol–water partition coefficient (Wildman–Crippen LogP) is 0.906. The van der Waals surface area contributed by atoms with Gasteiger partial charge in [0.15, 0.2) is 6.10 Å². The highest BCUT2D eigenvalue weighted by Gasteiger charge is 2.28. The number of ether oxygens (including phenoxy) is 1. The van der Waals surface area contributed by atoms with Crippen molar-refractivity contribution in [2.75, 3.05) is 38.5 Å². The fraction of sp³-hybridized carbons (Fsp3) is 0.318. The number of carbonyl (C=O) groups excluding carboxylic acids is 3. The molecule has 1 aliphatic rings. The summed E-state index contributed by atoms with van der Waals surface area (Å²) in [4.78, 5) is 38.1. The van der Waals surface area contributed by atoms with Gasteiger partial charge in [-0.2, -0.15) is 4.31 Å². The Bertz CT molecular complexity index is 1140. The maximum Gasteiger partial charge on any atom is 0.338 e. The van der Waals surface area contributed by atoms with Crippen molar-refractivity contribution in [2.24, 2.45) is 5.73 Å². The van der Waals surface area contributed by atoms with E-state index in [0.717, 1.165) is 0 Å². The number of piperazine rings is 1. The number of amides is 2. The van der Waals surface area contributed by atoms with E-state index in [0.29, 0.717) is 37.4 Å². The molecule has 1 fully saturated rings. The number of benzene rings is 2. The third-order valence-corrected chi connectivity index (χ3v) is 7.15. The van der Waals surface area contributed by atoms with Crippen molar-refractivity contribution in [1.29, 1.82) is 0 Å². The van der Waals surface area contributed by atoms with Gasteiger partial charge in [-0.15, -0.1) is 0 Å². The Kier molecular flexibility index (Phi) is 7.46.